The molecule has 2 aromatic rings. The van der Waals surface area contributed by atoms with Gasteiger partial charge in [-0.1, -0.05) is 0 Å². The molecule has 2 aromatic heterocycles. The summed E-state index contributed by atoms with van der Waals surface area (Å²) in [6.07, 6.45) is 5.17. The molecule has 0 aliphatic carbocycles. The second kappa shape index (κ2) is 5.44. The van der Waals surface area contributed by atoms with Crippen LogP contribution in [-0.4, -0.2) is 29.1 Å². The summed E-state index contributed by atoms with van der Waals surface area (Å²) in [6, 6.07) is 3.83. The number of hydrogen-bond acceptors (Lipinski definition) is 5. The summed E-state index contributed by atoms with van der Waals surface area (Å²) >= 11 is 0. The van der Waals surface area contributed by atoms with Gasteiger partial charge in [-0.25, -0.2) is 9.97 Å². The molecule has 0 saturated heterocycles. The van der Waals surface area contributed by atoms with Crippen LogP contribution in [0.15, 0.2) is 30.9 Å². The predicted octanol–water partition coefficient (Wildman–Crippen LogP) is 1.83. The van der Waals surface area contributed by atoms with E-state index in [2.05, 4.69) is 21.9 Å². The molecule has 0 aliphatic rings. The van der Waals surface area contributed by atoms with E-state index in [1.54, 1.807) is 13.3 Å². The highest BCUT2D eigenvalue weighted by Gasteiger charge is 2.07. The highest BCUT2D eigenvalue weighted by atomic mass is 16.5. The first-order valence-corrected chi connectivity index (χ1v) is 5.67. The lowest BCUT2D eigenvalue weighted by molar-refractivity contribution is 0.397. The van der Waals surface area contributed by atoms with Crippen molar-refractivity contribution in [3.63, 3.8) is 0 Å². The molecule has 0 radical (unpaired) electrons. The number of ether oxygens (including phenoxy) is 1. The van der Waals surface area contributed by atoms with E-state index in [9.17, 15) is 0 Å². The van der Waals surface area contributed by atoms with Gasteiger partial charge < -0.3 is 9.64 Å². The summed E-state index contributed by atoms with van der Waals surface area (Å²) in [7, 11) is 3.58. The fourth-order valence-corrected chi connectivity index (χ4v) is 1.67. The van der Waals surface area contributed by atoms with Crippen molar-refractivity contribution in [1.82, 2.24) is 15.0 Å². The Morgan fingerprint density at radius 1 is 1.33 bits per heavy atom. The van der Waals surface area contributed by atoms with Gasteiger partial charge in [-0.2, -0.15) is 0 Å². The first-order valence-electron chi connectivity index (χ1n) is 5.67. The highest BCUT2D eigenvalue weighted by Crippen LogP contribution is 2.17. The van der Waals surface area contributed by atoms with Crippen LogP contribution in [0, 0.1) is 6.92 Å². The Morgan fingerprint density at radius 3 is 2.89 bits per heavy atom. The SMILES string of the molecule is COc1cc(N(C)Cc2ccncc2C)ncn1. The van der Waals surface area contributed by atoms with Gasteiger partial charge in [0.2, 0.25) is 5.88 Å². The molecule has 0 N–H and O–H groups in total. The van der Waals surface area contributed by atoms with Crippen molar-refractivity contribution >= 4 is 5.82 Å². The molecular formula is C13H16N4O. The molecule has 5 heteroatoms. The molecule has 0 bridgehead atoms. The Hall–Kier alpha value is -2.17. The van der Waals surface area contributed by atoms with E-state index in [1.807, 2.05) is 30.3 Å². The van der Waals surface area contributed by atoms with Crippen LogP contribution in [0.2, 0.25) is 0 Å². The molecule has 18 heavy (non-hydrogen) atoms. The maximum Gasteiger partial charge on any atom is 0.218 e. The number of rotatable bonds is 4. The predicted molar refractivity (Wildman–Crippen MR) is 69.7 cm³/mol. The molecule has 0 atom stereocenters. The zero-order chi connectivity index (χ0) is 13.0. The van der Waals surface area contributed by atoms with Gasteiger partial charge in [0.05, 0.1) is 7.11 Å². The van der Waals surface area contributed by atoms with E-state index in [0.717, 1.165) is 12.4 Å². The molecule has 94 valence electrons. The van der Waals surface area contributed by atoms with Crippen LogP contribution in [0.25, 0.3) is 0 Å². The van der Waals surface area contributed by atoms with Crippen LogP contribution in [0.1, 0.15) is 11.1 Å². The Bertz CT molecular complexity index is 530. The van der Waals surface area contributed by atoms with Crippen LogP contribution in [-0.2, 0) is 6.54 Å². The first-order chi connectivity index (χ1) is 8.70. The van der Waals surface area contributed by atoms with Gasteiger partial charge >= 0.3 is 0 Å². The van der Waals surface area contributed by atoms with Gasteiger partial charge in [0.1, 0.15) is 12.1 Å². The summed E-state index contributed by atoms with van der Waals surface area (Å²) in [5.41, 5.74) is 2.40. The number of hydrogen-bond donors (Lipinski definition) is 0. The van der Waals surface area contributed by atoms with Crippen molar-refractivity contribution in [2.45, 2.75) is 13.5 Å². The normalized spacial score (nSPS) is 10.2. The van der Waals surface area contributed by atoms with Crippen molar-refractivity contribution in [1.29, 1.82) is 0 Å². The van der Waals surface area contributed by atoms with E-state index in [0.29, 0.717) is 5.88 Å². The molecule has 0 aliphatic heterocycles. The summed E-state index contributed by atoms with van der Waals surface area (Å²) in [5.74, 6) is 1.40. The standard InChI is InChI=1S/C13H16N4O/c1-10-7-14-5-4-11(10)8-17(2)12-6-13(18-3)16-9-15-12/h4-7,9H,8H2,1-3H3. The minimum Gasteiger partial charge on any atom is -0.481 e. The zero-order valence-electron chi connectivity index (χ0n) is 10.8. The lowest BCUT2D eigenvalue weighted by atomic mass is 10.1. The summed E-state index contributed by atoms with van der Waals surface area (Å²) in [4.78, 5) is 14.4. The van der Waals surface area contributed by atoms with Gasteiger partial charge in [0.25, 0.3) is 0 Å². The van der Waals surface area contributed by atoms with Crippen molar-refractivity contribution in [2.24, 2.45) is 0 Å². The van der Waals surface area contributed by atoms with Crippen molar-refractivity contribution in [2.75, 3.05) is 19.1 Å². The maximum absolute atomic E-state index is 5.09. The molecule has 5 nitrogen and oxygen atoms in total. The summed E-state index contributed by atoms with van der Waals surface area (Å²) < 4.78 is 5.09. The average molecular weight is 244 g/mol. The summed E-state index contributed by atoms with van der Waals surface area (Å²) in [6.45, 7) is 2.82. The minimum atomic E-state index is 0.568. The number of aryl methyl sites for hydroxylation is 1. The third-order valence-corrected chi connectivity index (χ3v) is 2.77. The minimum absolute atomic E-state index is 0.568. The Labute approximate surface area is 106 Å². The second-order valence-electron chi connectivity index (χ2n) is 4.08. The smallest absolute Gasteiger partial charge is 0.218 e. The quantitative estimate of drug-likeness (QED) is 0.821. The van der Waals surface area contributed by atoms with Gasteiger partial charge in [0, 0.05) is 32.1 Å². The van der Waals surface area contributed by atoms with Gasteiger partial charge in [-0.05, 0) is 24.1 Å². The fraction of sp³-hybridized carbons (Fsp3) is 0.308. The molecule has 0 amide bonds. The number of pyridine rings is 1. The van der Waals surface area contributed by atoms with Crippen molar-refractivity contribution < 1.29 is 4.74 Å². The lowest BCUT2D eigenvalue weighted by Gasteiger charge is -2.19. The summed E-state index contributed by atoms with van der Waals surface area (Å²) in [5, 5.41) is 0. The van der Waals surface area contributed by atoms with Crippen LogP contribution in [0.4, 0.5) is 5.82 Å². The van der Waals surface area contributed by atoms with Crippen molar-refractivity contribution in [3.05, 3.63) is 42.0 Å². The number of anilines is 1. The molecule has 0 fully saturated rings. The number of nitrogens with zero attached hydrogens (tertiary/aromatic N) is 4. The Morgan fingerprint density at radius 2 is 2.17 bits per heavy atom. The molecule has 0 unspecified atom stereocenters. The molecule has 0 saturated carbocycles. The third-order valence-electron chi connectivity index (χ3n) is 2.77. The zero-order valence-corrected chi connectivity index (χ0v) is 10.8. The molecule has 0 spiro atoms. The van der Waals surface area contributed by atoms with Crippen LogP contribution >= 0.6 is 0 Å². The molecule has 0 aromatic carbocycles. The van der Waals surface area contributed by atoms with Crippen LogP contribution in [0.5, 0.6) is 5.88 Å². The van der Waals surface area contributed by atoms with E-state index in [1.165, 1.54) is 17.5 Å². The fourth-order valence-electron chi connectivity index (χ4n) is 1.67. The third kappa shape index (κ3) is 2.74. The second-order valence-corrected chi connectivity index (χ2v) is 4.08. The van der Waals surface area contributed by atoms with E-state index in [4.69, 9.17) is 4.74 Å². The topological polar surface area (TPSA) is 51.1 Å². The molecule has 2 heterocycles. The van der Waals surface area contributed by atoms with Gasteiger partial charge in [-0.3, -0.25) is 4.98 Å². The van der Waals surface area contributed by atoms with Gasteiger partial charge in [-0.15, -0.1) is 0 Å². The number of aromatic nitrogens is 3. The van der Waals surface area contributed by atoms with E-state index < -0.39 is 0 Å². The average Bonchev–Trinajstić information content (AvgIpc) is 2.41. The molecule has 2 rings (SSSR count). The van der Waals surface area contributed by atoms with Gasteiger partial charge in [0.15, 0.2) is 0 Å². The van der Waals surface area contributed by atoms with Crippen molar-refractivity contribution in [3.8, 4) is 5.88 Å². The lowest BCUT2D eigenvalue weighted by Crippen LogP contribution is -2.18. The number of methoxy groups -OCH3 is 1. The van der Waals surface area contributed by atoms with Crippen LogP contribution in [0.3, 0.4) is 0 Å². The van der Waals surface area contributed by atoms with E-state index in [-0.39, 0.29) is 0 Å². The largest absolute Gasteiger partial charge is 0.481 e. The monoisotopic (exact) mass is 244 g/mol. The van der Waals surface area contributed by atoms with Crippen LogP contribution < -0.4 is 9.64 Å². The maximum atomic E-state index is 5.09. The highest BCUT2D eigenvalue weighted by molar-refractivity contribution is 5.41. The Balaban J connectivity index is 2.16. The van der Waals surface area contributed by atoms with E-state index >= 15 is 0 Å². The molecular weight excluding hydrogens is 228 g/mol. The first kappa shape index (κ1) is 12.3. The Kier molecular flexibility index (Phi) is 3.72.